The predicted octanol–water partition coefficient (Wildman–Crippen LogP) is 6.19. The van der Waals surface area contributed by atoms with Crippen molar-refractivity contribution in [1.82, 2.24) is 5.32 Å². The molecule has 2 rings (SSSR count). The zero-order valence-corrected chi connectivity index (χ0v) is 21.5. The standard InChI is InChI=1S/C26H51NO4/c1-8-9-10-11-12-13-14-15-16-17-18-28-24-23-22(30-26(6,7)31-23)21(29-24)20(2)27-19-25(3,4)5/h20-24,27H,8-19H2,1-7H3/t20?,21-,22-,23-,24-/m1/s1. The number of fused-ring (bicyclic) bond motifs is 1. The van der Waals surface area contributed by atoms with Crippen LogP contribution < -0.4 is 5.32 Å². The summed E-state index contributed by atoms with van der Waals surface area (Å²) in [6, 6.07) is 0.176. The Morgan fingerprint density at radius 3 is 2.00 bits per heavy atom. The van der Waals surface area contributed by atoms with Gasteiger partial charge in [-0.25, -0.2) is 0 Å². The number of hydrogen-bond acceptors (Lipinski definition) is 5. The van der Waals surface area contributed by atoms with Gasteiger partial charge in [0.05, 0.1) is 0 Å². The summed E-state index contributed by atoms with van der Waals surface area (Å²) >= 11 is 0. The minimum absolute atomic E-state index is 0.0631. The average molecular weight is 442 g/mol. The molecule has 0 bridgehead atoms. The van der Waals surface area contributed by atoms with Gasteiger partial charge in [-0.05, 0) is 32.6 Å². The first-order valence-corrected chi connectivity index (χ1v) is 13.0. The van der Waals surface area contributed by atoms with E-state index < -0.39 is 5.79 Å². The van der Waals surface area contributed by atoms with E-state index in [9.17, 15) is 0 Å². The molecule has 5 nitrogen and oxygen atoms in total. The van der Waals surface area contributed by atoms with Gasteiger partial charge in [0, 0.05) is 19.2 Å². The molecule has 2 heterocycles. The van der Waals surface area contributed by atoms with Crippen molar-refractivity contribution in [1.29, 1.82) is 0 Å². The van der Waals surface area contributed by atoms with E-state index in [1.54, 1.807) is 0 Å². The van der Waals surface area contributed by atoms with Crippen LogP contribution in [0.15, 0.2) is 0 Å². The molecule has 0 aliphatic carbocycles. The van der Waals surface area contributed by atoms with Crippen molar-refractivity contribution >= 4 is 0 Å². The first kappa shape index (κ1) is 27.0. The fourth-order valence-electron chi connectivity index (χ4n) is 4.50. The predicted molar refractivity (Wildman–Crippen MR) is 127 cm³/mol. The van der Waals surface area contributed by atoms with Crippen molar-refractivity contribution in [2.75, 3.05) is 13.2 Å². The molecule has 2 saturated heterocycles. The van der Waals surface area contributed by atoms with Crippen LogP contribution in [0.4, 0.5) is 0 Å². The zero-order chi connectivity index (χ0) is 22.9. The summed E-state index contributed by atoms with van der Waals surface area (Å²) in [5.74, 6) is -0.583. The lowest BCUT2D eigenvalue weighted by atomic mass is 9.95. The largest absolute Gasteiger partial charge is 0.350 e. The van der Waals surface area contributed by atoms with Gasteiger partial charge in [-0.3, -0.25) is 0 Å². The summed E-state index contributed by atoms with van der Waals surface area (Å²) in [6.45, 7) is 16.8. The Labute approximate surface area is 192 Å². The fourth-order valence-corrected chi connectivity index (χ4v) is 4.50. The van der Waals surface area contributed by atoms with E-state index in [-0.39, 0.29) is 36.1 Å². The molecular weight excluding hydrogens is 390 g/mol. The SMILES string of the molecule is CCCCCCCCCCCCO[C@@H]1O[C@H](C(C)NCC(C)(C)C)[C@H]2OC(C)(C)O[C@@H]12. The van der Waals surface area contributed by atoms with E-state index in [0.717, 1.165) is 19.6 Å². The van der Waals surface area contributed by atoms with Gasteiger partial charge < -0.3 is 24.3 Å². The highest BCUT2D eigenvalue weighted by Crippen LogP contribution is 2.40. The van der Waals surface area contributed by atoms with Crippen molar-refractivity contribution in [2.45, 2.75) is 149 Å². The van der Waals surface area contributed by atoms with Gasteiger partial charge in [0.2, 0.25) is 0 Å². The Morgan fingerprint density at radius 1 is 0.871 bits per heavy atom. The minimum atomic E-state index is -0.583. The molecule has 2 aliphatic rings. The number of ether oxygens (including phenoxy) is 4. The highest BCUT2D eigenvalue weighted by atomic mass is 16.8. The molecule has 2 fully saturated rings. The van der Waals surface area contributed by atoms with Gasteiger partial charge in [-0.2, -0.15) is 0 Å². The van der Waals surface area contributed by atoms with Gasteiger partial charge in [-0.15, -0.1) is 0 Å². The van der Waals surface area contributed by atoms with Gasteiger partial charge in [0.15, 0.2) is 12.1 Å². The van der Waals surface area contributed by atoms with Gasteiger partial charge in [0.1, 0.15) is 18.3 Å². The topological polar surface area (TPSA) is 49.0 Å². The molecule has 0 spiro atoms. The first-order chi connectivity index (χ1) is 14.6. The Hall–Kier alpha value is -0.200. The highest BCUT2D eigenvalue weighted by Gasteiger charge is 2.57. The van der Waals surface area contributed by atoms with E-state index in [1.807, 2.05) is 13.8 Å². The van der Waals surface area contributed by atoms with E-state index in [0.29, 0.717) is 0 Å². The summed E-state index contributed by atoms with van der Waals surface area (Å²) in [5, 5.41) is 3.62. The fraction of sp³-hybridized carbons (Fsp3) is 1.00. The lowest BCUT2D eigenvalue weighted by Gasteiger charge is -2.29. The van der Waals surface area contributed by atoms with Gasteiger partial charge >= 0.3 is 0 Å². The summed E-state index contributed by atoms with van der Waals surface area (Å²) in [4.78, 5) is 0. The number of unbranched alkanes of at least 4 members (excludes halogenated alkanes) is 9. The third kappa shape index (κ3) is 9.67. The van der Waals surface area contributed by atoms with Crippen molar-refractivity contribution in [2.24, 2.45) is 5.41 Å². The van der Waals surface area contributed by atoms with E-state index >= 15 is 0 Å². The second kappa shape index (κ2) is 12.9. The zero-order valence-electron chi connectivity index (χ0n) is 21.5. The molecule has 0 aromatic heterocycles. The second-order valence-electron chi connectivity index (χ2n) is 11.3. The lowest BCUT2D eigenvalue weighted by molar-refractivity contribution is -0.236. The minimum Gasteiger partial charge on any atom is -0.350 e. The molecular formula is C26H51NO4. The van der Waals surface area contributed by atoms with Crippen molar-refractivity contribution < 1.29 is 18.9 Å². The van der Waals surface area contributed by atoms with Crippen LogP contribution in [-0.4, -0.2) is 49.6 Å². The lowest BCUT2D eigenvalue weighted by Crippen LogP contribution is -2.47. The Kier molecular flexibility index (Phi) is 11.2. The molecule has 184 valence electrons. The maximum atomic E-state index is 6.31. The van der Waals surface area contributed by atoms with Crippen LogP contribution in [0.5, 0.6) is 0 Å². The average Bonchev–Trinajstić information content (AvgIpc) is 3.17. The summed E-state index contributed by atoms with van der Waals surface area (Å²) in [7, 11) is 0. The van der Waals surface area contributed by atoms with Crippen molar-refractivity contribution in [3.05, 3.63) is 0 Å². The van der Waals surface area contributed by atoms with Gasteiger partial charge in [0.25, 0.3) is 0 Å². The van der Waals surface area contributed by atoms with Crippen LogP contribution in [0.1, 0.15) is 113 Å². The quantitative estimate of drug-likeness (QED) is 0.307. The molecule has 5 heteroatoms. The van der Waals surface area contributed by atoms with Crippen LogP contribution in [0.3, 0.4) is 0 Å². The number of hydrogen-bond donors (Lipinski definition) is 1. The molecule has 1 unspecified atom stereocenters. The smallest absolute Gasteiger partial charge is 0.187 e. The van der Waals surface area contributed by atoms with Gasteiger partial charge in [-0.1, -0.05) is 85.5 Å². The van der Waals surface area contributed by atoms with Crippen LogP contribution >= 0.6 is 0 Å². The third-order valence-corrected chi connectivity index (χ3v) is 6.27. The maximum absolute atomic E-state index is 6.31. The molecule has 0 amide bonds. The molecule has 0 saturated carbocycles. The van der Waals surface area contributed by atoms with Crippen LogP contribution in [0, 0.1) is 5.41 Å². The molecule has 0 aromatic rings. The number of rotatable bonds is 15. The Morgan fingerprint density at radius 2 is 1.42 bits per heavy atom. The van der Waals surface area contributed by atoms with Crippen LogP contribution in [0.2, 0.25) is 0 Å². The Balaban J connectivity index is 1.67. The Bertz CT molecular complexity index is 490. The van der Waals surface area contributed by atoms with E-state index in [2.05, 4.69) is 39.9 Å². The normalized spacial score (nSPS) is 28.7. The van der Waals surface area contributed by atoms with E-state index in [1.165, 1.54) is 57.8 Å². The first-order valence-electron chi connectivity index (χ1n) is 13.0. The monoisotopic (exact) mass is 441 g/mol. The summed E-state index contributed by atoms with van der Waals surface area (Å²) in [5.41, 5.74) is 0.226. The molecule has 31 heavy (non-hydrogen) atoms. The molecule has 2 aliphatic heterocycles. The molecule has 1 N–H and O–H groups in total. The highest BCUT2D eigenvalue weighted by molar-refractivity contribution is 4.99. The second-order valence-corrected chi connectivity index (χ2v) is 11.3. The van der Waals surface area contributed by atoms with Crippen LogP contribution in [0.25, 0.3) is 0 Å². The summed E-state index contributed by atoms with van der Waals surface area (Å²) in [6.07, 6.45) is 12.6. The number of nitrogens with one attached hydrogen (secondary N) is 1. The van der Waals surface area contributed by atoms with E-state index in [4.69, 9.17) is 18.9 Å². The maximum Gasteiger partial charge on any atom is 0.187 e. The molecule has 5 atom stereocenters. The third-order valence-electron chi connectivity index (χ3n) is 6.27. The molecule has 0 radical (unpaired) electrons. The molecule has 0 aromatic carbocycles. The van der Waals surface area contributed by atoms with Crippen LogP contribution in [-0.2, 0) is 18.9 Å². The summed E-state index contributed by atoms with van der Waals surface area (Å²) < 4.78 is 24.8. The van der Waals surface area contributed by atoms with Crippen molar-refractivity contribution in [3.63, 3.8) is 0 Å². The van der Waals surface area contributed by atoms with Crippen molar-refractivity contribution in [3.8, 4) is 0 Å².